The Labute approximate surface area is 114 Å². The summed E-state index contributed by atoms with van der Waals surface area (Å²) in [4.78, 5) is 12.7. The van der Waals surface area contributed by atoms with Gasteiger partial charge in [0.05, 0.1) is 0 Å². The Bertz CT molecular complexity index is 442. The summed E-state index contributed by atoms with van der Waals surface area (Å²) in [6.45, 7) is 0.917. The van der Waals surface area contributed by atoms with Crippen LogP contribution in [-0.4, -0.2) is 48.1 Å². The maximum atomic E-state index is 5.69. The molecule has 1 aliphatic carbocycles. The first-order valence-electron chi connectivity index (χ1n) is 6.46. The van der Waals surface area contributed by atoms with Crippen molar-refractivity contribution in [3.8, 4) is 0 Å². The highest BCUT2D eigenvalue weighted by Gasteiger charge is 2.40. The van der Waals surface area contributed by atoms with Crippen molar-refractivity contribution in [3.05, 3.63) is 6.07 Å². The summed E-state index contributed by atoms with van der Waals surface area (Å²) in [5, 5.41) is 0. The van der Waals surface area contributed by atoms with Crippen LogP contribution in [0.4, 0.5) is 17.6 Å². The molecule has 0 spiro atoms. The number of hydrazine groups is 1. The van der Waals surface area contributed by atoms with E-state index in [1.807, 2.05) is 7.05 Å². The lowest BCUT2D eigenvalue weighted by Gasteiger charge is -2.49. The molecule has 0 aliphatic heterocycles. The number of hydrogen-bond donors (Lipinski definition) is 3. The molecule has 0 unspecified atom stereocenters. The van der Waals surface area contributed by atoms with E-state index in [2.05, 4.69) is 39.3 Å². The highest BCUT2D eigenvalue weighted by atomic mass is 15.3. The van der Waals surface area contributed by atoms with Crippen LogP contribution in [0.5, 0.6) is 0 Å². The summed E-state index contributed by atoms with van der Waals surface area (Å²) >= 11 is 0. The molecule has 1 fully saturated rings. The van der Waals surface area contributed by atoms with Crippen molar-refractivity contribution < 1.29 is 0 Å². The topological polar surface area (TPSA) is 96.3 Å². The molecule has 106 valence electrons. The second-order valence-electron chi connectivity index (χ2n) is 5.44. The monoisotopic (exact) mass is 265 g/mol. The Kier molecular flexibility index (Phi) is 3.77. The highest BCUT2D eigenvalue weighted by molar-refractivity contribution is 5.52. The lowest BCUT2D eigenvalue weighted by atomic mass is 9.75. The van der Waals surface area contributed by atoms with E-state index in [1.54, 1.807) is 6.07 Å². The van der Waals surface area contributed by atoms with Gasteiger partial charge in [-0.05, 0) is 33.4 Å². The van der Waals surface area contributed by atoms with Gasteiger partial charge in [-0.1, -0.05) is 0 Å². The molecule has 0 amide bonds. The number of likely N-dealkylation sites (N-methyl/N-ethyl adjacent to an activating group) is 2. The van der Waals surface area contributed by atoms with Gasteiger partial charge in [-0.15, -0.1) is 0 Å². The first-order valence-corrected chi connectivity index (χ1v) is 6.46. The molecule has 1 heterocycles. The summed E-state index contributed by atoms with van der Waals surface area (Å²) in [6, 6.07) is 1.80. The zero-order chi connectivity index (χ0) is 14.0. The fourth-order valence-electron chi connectivity index (χ4n) is 2.58. The van der Waals surface area contributed by atoms with Crippen LogP contribution in [0.15, 0.2) is 6.07 Å². The molecule has 0 bridgehead atoms. The Morgan fingerprint density at radius 1 is 1.32 bits per heavy atom. The van der Waals surface area contributed by atoms with Gasteiger partial charge in [0.25, 0.3) is 0 Å². The Morgan fingerprint density at radius 3 is 2.47 bits per heavy atom. The second-order valence-corrected chi connectivity index (χ2v) is 5.44. The average Bonchev–Trinajstić information content (AvgIpc) is 2.32. The molecule has 1 saturated carbocycles. The van der Waals surface area contributed by atoms with Gasteiger partial charge in [-0.2, -0.15) is 9.97 Å². The number of nitrogen functional groups attached to an aromatic ring is 2. The molecule has 0 radical (unpaired) electrons. The first kappa shape index (κ1) is 13.8. The molecule has 19 heavy (non-hydrogen) atoms. The number of hydrogen-bond acceptors (Lipinski definition) is 7. The van der Waals surface area contributed by atoms with Gasteiger partial charge in [0, 0.05) is 25.2 Å². The van der Waals surface area contributed by atoms with E-state index in [0.717, 1.165) is 12.4 Å². The number of nitrogens with one attached hydrogen (secondary N) is 1. The minimum Gasteiger partial charge on any atom is -0.368 e. The molecule has 5 N–H and O–H groups in total. The molecule has 7 nitrogen and oxygen atoms in total. The lowest BCUT2D eigenvalue weighted by Crippen LogP contribution is -2.56. The van der Waals surface area contributed by atoms with Crippen molar-refractivity contribution >= 4 is 17.6 Å². The van der Waals surface area contributed by atoms with Crippen molar-refractivity contribution in [1.82, 2.24) is 14.9 Å². The summed E-state index contributed by atoms with van der Waals surface area (Å²) in [5.74, 6) is 6.92. The van der Waals surface area contributed by atoms with Crippen LogP contribution in [0, 0.1) is 0 Å². The van der Waals surface area contributed by atoms with Crippen molar-refractivity contribution in [2.75, 3.05) is 43.7 Å². The van der Waals surface area contributed by atoms with Gasteiger partial charge in [-0.25, -0.2) is 5.84 Å². The van der Waals surface area contributed by atoms with Crippen LogP contribution in [0.1, 0.15) is 19.3 Å². The van der Waals surface area contributed by atoms with Crippen molar-refractivity contribution in [1.29, 1.82) is 0 Å². The average molecular weight is 265 g/mol. The molecule has 1 aromatic rings. The standard InChI is InChI=1S/C12H23N7/c1-18(2)12(5-4-6-12)8-19(3)10-7-9(17-14)15-11(13)16-10/h7H,4-6,8,14H2,1-3H3,(H3,13,15,16,17). The maximum absolute atomic E-state index is 5.69. The smallest absolute Gasteiger partial charge is 0.223 e. The molecule has 0 saturated heterocycles. The fourth-order valence-corrected chi connectivity index (χ4v) is 2.58. The fraction of sp³-hybridized carbons (Fsp3) is 0.667. The maximum Gasteiger partial charge on any atom is 0.223 e. The third-order valence-corrected chi connectivity index (χ3v) is 4.03. The van der Waals surface area contributed by atoms with Gasteiger partial charge in [-0.3, -0.25) is 0 Å². The largest absolute Gasteiger partial charge is 0.368 e. The van der Waals surface area contributed by atoms with Crippen LogP contribution in [0.25, 0.3) is 0 Å². The van der Waals surface area contributed by atoms with E-state index in [-0.39, 0.29) is 11.5 Å². The van der Waals surface area contributed by atoms with Crippen LogP contribution in [0.3, 0.4) is 0 Å². The van der Waals surface area contributed by atoms with Crippen LogP contribution in [0.2, 0.25) is 0 Å². The quantitative estimate of drug-likeness (QED) is 0.519. The molecule has 2 rings (SSSR count). The number of aromatic nitrogens is 2. The van der Waals surface area contributed by atoms with Crippen LogP contribution >= 0.6 is 0 Å². The van der Waals surface area contributed by atoms with Crippen molar-refractivity contribution in [3.63, 3.8) is 0 Å². The van der Waals surface area contributed by atoms with E-state index in [9.17, 15) is 0 Å². The molecule has 1 aromatic heterocycles. The van der Waals surface area contributed by atoms with Crippen LogP contribution < -0.4 is 21.9 Å². The van der Waals surface area contributed by atoms with E-state index >= 15 is 0 Å². The van der Waals surface area contributed by atoms with E-state index in [4.69, 9.17) is 11.6 Å². The predicted molar refractivity (Wildman–Crippen MR) is 77.8 cm³/mol. The van der Waals surface area contributed by atoms with E-state index < -0.39 is 0 Å². The molecular formula is C12H23N7. The molecule has 0 aromatic carbocycles. The lowest BCUT2D eigenvalue weighted by molar-refractivity contribution is 0.0682. The molecule has 1 aliphatic rings. The zero-order valence-electron chi connectivity index (χ0n) is 11.8. The summed E-state index contributed by atoms with van der Waals surface area (Å²) in [7, 11) is 6.29. The molecule has 7 heteroatoms. The van der Waals surface area contributed by atoms with Crippen molar-refractivity contribution in [2.24, 2.45) is 5.84 Å². The zero-order valence-corrected chi connectivity index (χ0v) is 11.8. The number of rotatable bonds is 5. The SMILES string of the molecule is CN(CC1(N(C)C)CCC1)c1cc(NN)nc(N)n1. The first-order chi connectivity index (χ1) is 8.97. The van der Waals surface area contributed by atoms with Gasteiger partial charge < -0.3 is 21.0 Å². The summed E-state index contributed by atoms with van der Waals surface area (Å²) in [5.41, 5.74) is 8.44. The minimum atomic E-state index is 0.227. The number of nitrogens with two attached hydrogens (primary N) is 2. The number of nitrogens with zero attached hydrogens (tertiary/aromatic N) is 4. The minimum absolute atomic E-state index is 0.227. The Hall–Kier alpha value is -1.60. The third-order valence-electron chi connectivity index (χ3n) is 4.03. The third kappa shape index (κ3) is 2.71. The van der Waals surface area contributed by atoms with Crippen molar-refractivity contribution in [2.45, 2.75) is 24.8 Å². The Morgan fingerprint density at radius 2 is 2.00 bits per heavy atom. The van der Waals surface area contributed by atoms with E-state index in [0.29, 0.717) is 5.82 Å². The van der Waals surface area contributed by atoms with Crippen LogP contribution in [-0.2, 0) is 0 Å². The molecule has 0 atom stereocenters. The van der Waals surface area contributed by atoms with Gasteiger partial charge >= 0.3 is 0 Å². The number of anilines is 3. The summed E-state index contributed by atoms with van der Waals surface area (Å²) in [6.07, 6.45) is 3.72. The summed E-state index contributed by atoms with van der Waals surface area (Å²) < 4.78 is 0. The highest BCUT2D eigenvalue weighted by Crippen LogP contribution is 2.37. The van der Waals surface area contributed by atoms with Gasteiger partial charge in [0.1, 0.15) is 11.6 Å². The Balaban J connectivity index is 2.15. The normalized spacial score (nSPS) is 17.1. The predicted octanol–water partition coefficient (Wildman–Crippen LogP) is 0.265. The van der Waals surface area contributed by atoms with Gasteiger partial charge in [0.2, 0.25) is 5.95 Å². The van der Waals surface area contributed by atoms with Gasteiger partial charge in [0.15, 0.2) is 0 Å². The molecular weight excluding hydrogens is 242 g/mol. The van der Waals surface area contributed by atoms with E-state index in [1.165, 1.54) is 19.3 Å². The second kappa shape index (κ2) is 5.18.